The Morgan fingerprint density at radius 2 is 1.29 bits per heavy atom. The average molecular weight is 575 g/mol. The lowest BCUT2D eigenvalue weighted by molar-refractivity contribution is -0.142. The van der Waals surface area contributed by atoms with E-state index in [0.29, 0.717) is 5.56 Å². The summed E-state index contributed by atoms with van der Waals surface area (Å²) in [6, 6.07) is 1.48. The summed E-state index contributed by atoms with van der Waals surface area (Å²) in [5, 5.41) is 17.4. The van der Waals surface area contributed by atoms with E-state index < -0.39 is 72.0 Å². The van der Waals surface area contributed by atoms with Crippen LogP contribution in [0.4, 0.5) is 0 Å². The monoisotopic (exact) mass is 574 g/mol. The summed E-state index contributed by atoms with van der Waals surface area (Å²) in [4.78, 5) is 87.5. The lowest BCUT2D eigenvalue weighted by Crippen LogP contribution is -2.58. The maximum Gasteiger partial charge on any atom is 0.326 e. The Morgan fingerprint density at radius 1 is 0.756 bits per heavy atom. The molecule has 0 saturated heterocycles. The predicted molar refractivity (Wildman–Crippen MR) is 144 cm³/mol. The van der Waals surface area contributed by atoms with E-state index in [1.165, 1.54) is 0 Å². The molecular formula is C25H34N8O8. The maximum atomic E-state index is 13.3. The highest BCUT2D eigenvalue weighted by Gasteiger charge is 2.31. The second-order valence-corrected chi connectivity index (χ2v) is 9.37. The first-order valence-corrected chi connectivity index (χ1v) is 12.6. The van der Waals surface area contributed by atoms with Gasteiger partial charge >= 0.3 is 5.97 Å². The van der Waals surface area contributed by atoms with Crippen molar-refractivity contribution < 1.29 is 38.7 Å². The number of aliphatic carboxylic acids is 1. The summed E-state index contributed by atoms with van der Waals surface area (Å²) in [5.74, 6) is -6.54. The number of hydrogen-bond donors (Lipinski definition) is 9. The smallest absolute Gasteiger partial charge is 0.326 e. The largest absolute Gasteiger partial charge is 0.480 e. The Bertz CT molecular complexity index is 1310. The van der Waals surface area contributed by atoms with Gasteiger partial charge in [0.15, 0.2) is 0 Å². The van der Waals surface area contributed by atoms with Gasteiger partial charge in [0.25, 0.3) is 0 Å². The fourth-order valence-corrected chi connectivity index (χ4v) is 3.96. The van der Waals surface area contributed by atoms with Crippen LogP contribution in [0.2, 0.25) is 0 Å². The van der Waals surface area contributed by atoms with Crippen LogP contribution in [-0.2, 0) is 40.0 Å². The molecule has 0 radical (unpaired) electrons. The first-order chi connectivity index (χ1) is 19.3. The molecule has 41 heavy (non-hydrogen) atoms. The van der Waals surface area contributed by atoms with Gasteiger partial charge in [-0.3, -0.25) is 28.8 Å². The number of rotatable bonds is 17. The van der Waals surface area contributed by atoms with E-state index in [4.69, 9.17) is 22.9 Å². The van der Waals surface area contributed by atoms with E-state index >= 15 is 0 Å². The van der Waals surface area contributed by atoms with Gasteiger partial charge in [-0.25, -0.2) is 4.79 Å². The van der Waals surface area contributed by atoms with Crippen molar-refractivity contribution in [1.29, 1.82) is 0 Å². The van der Waals surface area contributed by atoms with Crippen LogP contribution in [0.5, 0.6) is 0 Å². The summed E-state index contributed by atoms with van der Waals surface area (Å²) >= 11 is 0. The van der Waals surface area contributed by atoms with Crippen molar-refractivity contribution in [2.75, 3.05) is 0 Å². The van der Waals surface area contributed by atoms with Gasteiger partial charge < -0.3 is 49.0 Å². The number of nitrogens with one attached hydrogen (secondary N) is 4. The van der Waals surface area contributed by atoms with Crippen molar-refractivity contribution >= 4 is 52.3 Å². The minimum Gasteiger partial charge on any atom is -0.480 e. The molecule has 0 bridgehead atoms. The number of aromatic amines is 1. The van der Waals surface area contributed by atoms with E-state index in [0.717, 1.165) is 10.9 Å². The topological polar surface area (TPSA) is 296 Å². The summed E-state index contributed by atoms with van der Waals surface area (Å²) < 4.78 is 0. The highest BCUT2D eigenvalue weighted by Crippen LogP contribution is 2.19. The van der Waals surface area contributed by atoms with Gasteiger partial charge in [-0.2, -0.15) is 0 Å². The number of carbonyl (C=O) groups is 7. The SMILES string of the molecule is NC(=O)CCC(NC(=O)C(Cc1c[nH]c2ccccc12)NC(=O)C(CCC(N)=O)NC(=O)C(N)CC(N)=O)C(=O)O. The Labute approximate surface area is 233 Å². The van der Waals surface area contributed by atoms with Crippen LogP contribution in [0.3, 0.4) is 0 Å². The molecule has 2 rings (SSSR count). The third-order valence-corrected chi connectivity index (χ3v) is 6.10. The number of benzene rings is 1. The standard InChI is InChI=1S/C25H34N8O8/c26-14(10-21(29)36)22(37)31-16(5-7-19(27)34)23(38)33-18(9-12-11-30-15-4-2-1-3-13(12)15)24(39)32-17(25(40)41)6-8-20(28)35/h1-4,11,14,16-18,30H,5-10,26H2,(H2,27,34)(H2,28,35)(H2,29,36)(H,31,37)(H,32,39)(H,33,38)(H,40,41). The normalized spacial score (nSPS) is 13.8. The molecule has 4 atom stereocenters. The Hall–Kier alpha value is -4.99. The Balaban J connectivity index is 2.34. The van der Waals surface area contributed by atoms with E-state index in [1.54, 1.807) is 30.5 Å². The average Bonchev–Trinajstić information content (AvgIpc) is 3.30. The van der Waals surface area contributed by atoms with Gasteiger partial charge in [0, 0.05) is 36.4 Å². The van der Waals surface area contributed by atoms with Crippen LogP contribution in [0, 0.1) is 0 Å². The van der Waals surface area contributed by atoms with Gasteiger partial charge in [0.05, 0.1) is 12.5 Å². The molecular weight excluding hydrogens is 540 g/mol. The van der Waals surface area contributed by atoms with Crippen LogP contribution in [0.25, 0.3) is 10.9 Å². The van der Waals surface area contributed by atoms with E-state index in [2.05, 4.69) is 20.9 Å². The molecule has 2 aromatic rings. The zero-order chi connectivity index (χ0) is 30.7. The fourth-order valence-electron chi connectivity index (χ4n) is 3.96. The Morgan fingerprint density at radius 3 is 1.88 bits per heavy atom. The van der Waals surface area contributed by atoms with Crippen LogP contribution < -0.4 is 38.9 Å². The first-order valence-electron chi connectivity index (χ1n) is 12.6. The van der Waals surface area contributed by atoms with Crippen LogP contribution in [-0.4, -0.2) is 75.7 Å². The number of carboxylic acids is 1. The second-order valence-electron chi connectivity index (χ2n) is 9.37. The van der Waals surface area contributed by atoms with Crippen molar-refractivity contribution in [2.24, 2.45) is 22.9 Å². The minimum atomic E-state index is -1.49. The van der Waals surface area contributed by atoms with Gasteiger partial charge in [0.2, 0.25) is 35.4 Å². The molecule has 0 saturated carbocycles. The molecule has 13 N–H and O–H groups in total. The van der Waals surface area contributed by atoms with Crippen molar-refractivity contribution in [3.63, 3.8) is 0 Å². The number of para-hydroxylation sites is 1. The zero-order valence-corrected chi connectivity index (χ0v) is 22.1. The predicted octanol–water partition coefficient (Wildman–Crippen LogP) is -3.02. The lowest BCUT2D eigenvalue weighted by atomic mass is 10.0. The highest BCUT2D eigenvalue weighted by atomic mass is 16.4. The lowest BCUT2D eigenvalue weighted by Gasteiger charge is -2.25. The quantitative estimate of drug-likeness (QED) is 0.0927. The minimum absolute atomic E-state index is 0.110. The first kappa shape index (κ1) is 32.2. The highest BCUT2D eigenvalue weighted by molar-refractivity contribution is 5.96. The number of carbonyl (C=O) groups excluding carboxylic acids is 6. The molecule has 0 aliphatic rings. The zero-order valence-electron chi connectivity index (χ0n) is 22.1. The van der Waals surface area contributed by atoms with Gasteiger partial charge in [-0.15, -0.1) is 0 Å². The van der Waals surface area contributed by atoms with Crippen LogP contribution in [0.15, 0.2) is 30.5 Å². The van der Waals surface area contributed by atoms with Gasteiger partial charge in [0.1, 0.15) is 18.1 Å². The number of primary amides is 3. The molecule has 1 aromatic heterocycles. The van der Waals surface area contributed by atoms with Crippen molar-refractivity contribution in [3.05, 3.63) is 36.0 Å². The number of fused-ring (bicyclic) bond motifs is 1. The molecule has 1 heterocycles. The third-order valence-electron chi connectivity index (χ3n) is 6.10. The summed E-state index contributed by atoms with van der Waals surface area (Å²) in [6.07, 6.45) is -0.202. The molecule has 1 aromatic carbocycles. The fraction of sp³-hybridized carbons (Fsp3) is 0.400. The number of nitrogens with two attached hydrogens (primary N) is 4. The summed E-state index contributed by atoms with van der Waals surface area (Å²) in [7, 11) is 0. The molecule has 4 unspecified atom stereocenters. The van der Waals surface area contributed by atoms with E-state index in [1.807, 2.05) is 0 Å². The van der Waals surface area contributed by atoms with Crippen molar-refractivity contribution in [3.8, 4) is 0 Å². The van der Waals surface area contributed by atoms with Gasteiger partial charge in [-0.05, 0) is 24.5 Å². The number of aromatic nitrogens is 1. The van der Waals surface area contributed by atoms with E-state index in [9.17, 15) is 38.7 Å². The molecule has 16 nitrogen and oxygen atoms in total. The van der Waals surface area contributed by atoms with Crippen molar-refractivity contribution in [1.82, 2.24) is 20.9 Å². The summed E-state index contributed by atoms with van der Waals surface area (Å²) in [5.41, 5.74) is 22.4. The number of hydrogen-bond acceptors (Lipinski definition) is 8. The molecule has 0 aliphatic carbocycles. The number of carboxylic acid groups (broad SMARTS) is 1. The van der Waals surface area contributed by atoms with E-state index in [-0.39, 0.29) is 32.1 Å². The van der Waals surface area contributed by atoms with Crippen molar-refractivity contribution in [2.45, 2.75) is 62.7 Å². The Kier molecular flexibility index (Phi) is 11.8. The maximum absolute atomic E-state index is 13.3. The molecule has 16 heteroatoms. The number of H-pyrrole nitrogens is 1. The van der Waals surface area contributed by atoms with Crippen LogP contribution in [0.1, 0.15) is 37.7 Å². The molecule has 6 amide bonds. The van der Waals surface area contributed by atoms with Gasteiger partial charge in [-0.1, -0.05) is 18.2 Å². The second kappa shape index (κ2) is 15.0. The molecule has 222 valence electrons. The molecule has 0 fully saturated rings. The third kappa shape index (κ3) is 10.2. The summed E-state index contributed by atoms with van der Waals surface area (Å²) in [6.45, 7) is 0. The van der Waals surface area contributed by atoms with Crippen LogP contribution >= 0.6 is 0 Å². The number of amides is 6. The molecule has 0 aliphatic heterocycles. The molecule has 0 spiro atoms.